The van der Waals surface area contributed by atoms with Crippen LogP contribution < -0.4 is 19.7 Å². The second-order valence-corrected chi connectivity index (χ2v) is 6.53. The quantitative estimate of drug-likeness (QED) is 0.796. The summed E-state index contributed by atoms with van der Waals surface area (Å²) in [6.45, 7) is 3.63. The van der Waals surface area contributed by atoms with Crippen molar-refractivity contribution < 1.29 is 28.2 Å². The summed E-state index contributed by atoms with van der Waals surface area (Å²) in [5.74, 6) is 0.0462. The Morgan fingerprint density at radius 1 is 1.24 bits per heavy atom. The molecule has 0 spiro atoms. The molecule has 2 aromatic carbocycles. The van der Waals surface area contributed by atoms with Crippen LogP contribution in [0.15, 0.2) is 53.7 Å². The van der Waals surface area contributed by atoms with Gasteiger partial charge in [-0.3, -0.25) is 4.90 Å². The molecule has 2 amide bonds. The van der Waals surface area contributed by atoms with E-state index in [0.29, 0.717) is 28.4 Å². The first kappa shape index (κ1) is 18.8. The van der Waals surface area contributed by atoms with Gasteiger partial charge in [0, 0.05) is 11.8 Å². The fourth-order valence-electron chi connectivity index (χ4n) is 3.49. The summed E-state index contributed by atoms with van der Waals surface area (Å²) in [7, 11) is 0. The average Bonchev–Trinajstić information content (AvgIpc) is 3.15. The molecule has 2 heterocycles. The van der Waals surface area contributed by atoms with E-state index in [2.05, 4.69) is 5.32 Å². The highest BCUT2D eigenvalue weighted by atomic mass is 19.1. The van der Waals surface area contributed by atoms with E-state index in [9.17, 15) is 14.0 Å². The number of esters is 1. The average molecular weight is 398 g/mol. The van der Waals surface area contributed by atoms with Crippen molar-refractivity contribution in [2.24, 2.45) is 0 Å². The molecule has 2 aliphatic rings. The number of carbonyl (C=O) groups excluding carboxylic acids is 2. The highest BCUT2D eigenvalue weighted by molar-refractivity contribution is 6.03. The summed E-state index contributed by atoms with van der Waals surface area (Å²) in [5.41, 5.74) is 1.57. The molecular formula is C21H19FN2O5. The van der Waals surface area contributed by atoms with Gasteiger partial charge in [0.15, 0.2) is 11.5 Å². The molecule has 2 aromatic rings. The van der Waals surface area contributed by atoms with Gasteiger partial charge in [0.05, 0.1) is 23.9 Å². The number of ether oxygens (including phenoxy) is 3. The lowest BCUT2D eigenvalue weighted by molar-refractivity contribution is -0.139. The van der Waals surface area contributed by atoms with Gasteiger partial charge in [0.25, 0.3) is 0 Å². The van der Waals surface area contributed by atoms with Gasteiger partial charge in [-0.05, 0) is 43.7 Å². The van der Waals surface area contributed by atoms with E-state index in [1.807, 2.05) is 0 Å². The van der Waals surface area contributed by atoms with Gasteiger partial charge in [-0.25, -0.2) is 14.0 Å². The first-order valence-corrected chi connectivity index (χ1v) is 9.13. The zero-order valence-electron chi connectivity index (χ0n) is 15.9. The van der Waals surface area contributed by atoms with E-state index >= 15 is 0 Å². The van der Waals surface area contributed by atoms with E-state index < -0.39 is 23.9 Å². The molecule has 0 aromatic heterocycles. The molecule has 0 radical (unpaired) electrons. The number of rotatable bonds is 4. The summed E-state index contributed by atoms with van der Waals surface area (Å²) in [6.07, 6.45) is 0. The van der Waals surface area contributed by atoms with Crippen molar-refractivity contribution >= 4 is 17.7 Å². The molecule has 1 atom stereocenters. The minimum absolute atomic E-state index is 0.107. The summed E-state index contributed by atoms with van der Waals surface area (Å²) in [4.78, 5) is 27.1. The summed E-state index contributed by atoms with van der Waals surface area (Å²) in [6, 6.07) is 9.53. The number of halogens is 1. The van der Waals surface area contributed by atoms with Crippen LogP contribution in [0.25, 0.3) is 0 Å². The smallest absolute Gasteiger partial charge is 0.338 e. The van der Waals surface area contributed by atoms with Crippen LogP contribution in [0.3, 0.4) is 0 Å². The molecule has 0 saturated carbocycles. The zero-order valence-corrected chi connectivity index (χ0v) is 15.9. The van der Waals surface area contributed by atoms with Crippen LogP contribution in [0.5, 0.6) is 11.5 Å². The van der Waals surface area contributed by atoms with Crippen molar-refractivity contribution in [2.75, 3.05) is 18.3 Å². The lowest BCUT2D eigenvalue weighted by Crippen LogP contribution is -2.48. The lowest BCUT2D eigenvalue weighted by atomic mass is 9.94. The van der Waals surface area contributed by atoms with Crippen LogP contribution in [0.1, 0.15) is 25.5 Å². The highest BCUT2D eigenvalue weighted by Crippen LogP contribution is 2.39. The normalized spacial score (nSPS) is 18.0. The molecule has 0 saturated heterocycles. The van der Waals surface area contributed by atoms with Crippen LogP contribution in [0.2, 0.25) is 0 Å². The van der Waals surface area contributed by atoms with Crippen molar-refractivity contribution in [1.82, 2.24) is 5.32 Å². The molecular weight excluding hydrogens is 379 g/mol. The SMILES string of the molecule is CCOC(=O)C1=C(C)N(c2ccc3c(c2)OCO3)C(=O)N[C@@H]1c1cccc(F)c1. The van der Waals surface area contributed by atoms with E-state index in [0.717, 1.165) is 0 Å². The molecule has 8 heteroatoms. The fourth-order valence-corrected chi connectivity index (χ4v) is 3.49. The first-order chi connectivity index (χ1) is 14.0. The second kappa shape index (κ2) is 7.46. The number of nitrogens with one attached hydrogen (secondary N) is 1. The second-order valence-electron chi connectivity index (χ2n) is 6.53. The van der Waals surface area contributed by atoms with Crippen molar-refractivity contribution in [3.05, 3.63) is 65.1 Å². The largest absolute Gasteiger partial charge is 0.463 e. The third-order valence-electron chi connectivity index (χ3n) is 4.78. The van der Waals surface area contributed by atoms with Gasteiger partial charge in [0.1, 0.15) is 5.82 Å². The molecule has 0 aliphatic carbocycles. The first-order valence-electron chi connectivity index (χ1n) is 9.13. The molecule has 0 bridgehead atoms. The van der Waals surface area contributed by atoms with Gasteiger partial charge in [-0.15, -0.1) is 0 Å². The van der Waals surface area contributed by atoms with Gasteiger partial charge in [-0.1, -0.05) is 12.1 Å². The number of carbonyl (C=O) groups is 2. The topological polar surface area (TPSA) is 77.1 Å². The van der Waals surface area contributed by atoms with Gasteiger partial charge < -0.3 is 19.5 Å². The molecule has 150 valence electrons. The Morgan fingerprint density at radius 2 is 2.03 bits per heavy atom. The minimum atomic E-state index is -0.831. The Hall–Kier alpha value is -3.55. The number of urea groups is 1. The van der Waals surface area contributed by atoms with Crippen LogP contribution in [-0.2, 0) is 9.53 Å². The predicted molar refractivity (Wildman–Crippen MR) is 102 cm³/mol. The summed E-state index contributed by atoms with van der Waals surface area (Å²) in [5, 5.41) is 2.79. The summed E-state index contributed by atoms with van der Waals surface area (Å²) < 4.78 is 29.7. The number of fused-ring (bicyclic) bond motifs is 1. The third-order valence-corrected chi connectivity index (χ3v) is 4.78. The lowest BCUT2D eigenvalue weighted by Gasteiger charge is -2.35. The standard InChI is InChI=1S/C21H19FN2O5/c1-3-27-20(25)18-12(2)24(15-7-8-16-17(10-15)29-11-28-16)21(26)23-19(18)13-5-4-6-14(22)9-13/h4-10,19H,3,11H2,1-2H3,(H,23,26)/t19-/m1/s1. The molecule has 1 N–H and O–H groups in total. The molecule has 7 nitrogen and oxygen atoms in total. The van der Waals surface area contributed by atoms with Gasteiger partial charge >= 0.3 is 12.0 Å². The van der Waals surface area contributed by atoms with Crippen LogP contribution in [0, 0.1) is 5.82 Å². The number of hydrogen-bond acceptors (Lipinski definition) is 5. The number of benzene rings is 2. The molecule has 0 fully saturated rings. The molecule has 0 unspecified atom stereocenters. The predicted octanol–water partition coefficient (Wildman–Crippen LogP) is 3.66. The van der Waals surface area contributed by atoms with E-state index in [4.69, 9.17) is 14.2 Å². The Labute approximate surface area is 166 Å². The highest BCUT2D eigenvalue weighted by Gasteiger charge is 2.37. The van der Waals surface area contributed by atoms with Crippen molar-refractivity contribution in [3.8, 4) is 11.5 Å². The maximum absolute atomic E-state index is 13.8. The fraction of sp³-hybridized carbons (Fsp3) is 0.238. The van der Waals surface area contributed by atoms with E-state index in [1.54, 1.807) is 38.1 Å². The maximum atomic E-state index is 13.8. The van der Waals surface area contributed by atoms with Crippen LogP contribution in [0.4, 0.5) is 14.9 Å². The number of anilines is 1. The van der Waals surface area contributed by atoms with Crippen molar-refractivity contribution in [1.29, 1.82) is 0 Å². The zero-order chi connectivity index (χ0) is 20.5. The third kappa shape index (κ3) is 3.37. The Bertz CT molecular complexity index is 1020. The number of amides is 2. The van der Waals surface area contributed by atoms with E-state index in [-0.39, 0.29) is 19.0 Å². The van der Waals surface area contributed by atoms with Crippen LogP contribution in [-0.4, -0.2) is 25.4 Å². The molecule has 4 rings (SSSR count). The molecule has 2 aliphatic heterocycles. The van der Waals surface area contributed by atoms with Gasteiger partial charge in [-0.2, -0.15) is 0 Å². The number of nitrogens with zero attached hydrogens (tertiary/aromatic N) is 1. The Balaban J connectivity index is 1.81. The Kier molecular flexibility index (Phi) is 4.84. The Morgan fingerprint density at radius 3 is 2.79 bits per heavy atom. The van der Waals surface area contributed by atoms with Crippen LogP contribution >= 0.6 is 0 Å². The number of hydrogen-bond donors (Lipinski definition) is 1. The molecule has 29 heavy (non-hydrogen) atoms. The van der Waals surface area contributed by atoms with Crippen molar-refractivity contribution in [2.45, 2.75) is 19.9 Å². The monoisotopic (exact) mass is 398 g/mol. The number of allylic oxidation sites excluding steroid dienone is 1. The maximum Gasteiger partial charge on any atom is 0.338 e. The van der Waals surface area contributed by atoms with Crippen molar-refractivity contribution in [3.63, 3.8) is 0 Å². The minimum Gasteiger partial charge on any atom is -0.463 e. The summed E-state index contributed by atoms with van der Waals surface area (Å²) >= 11 is 0. The van der Waals surface area contributed by atoms with Gasteiger partial charge in [0.2, 0.25) is 6.79 Å². The van der Waals surface area contributed by atoms with E-state index in [1.165, 1.54) is 23.1 Å².